The van der Waals surface area contributed by atoms with Crippen molar-refractivity contribution in [2.75, 3.05) is 33.2 Å². The average molecular weight is 253 g/mol. The van der Waals surface area contributed by atoms with Gasteiger partial charge in [-0.1, -0.05) is 0 Å². The zero-order valence-corrected chi connectivity index (χ0v) is 11.7. The summed E-state index contributed by atoms with van der Waals surface area (Å²) in [4.78, 5) is 28.4. The minimum Gasteiger partial charge on any atom is -0.342 e. The standard InChI is InChI=1S/C13H23N3O2/c1-12(2)10(17)15(4)7-8-16(12)11(18)13(3)5-6-14-9-13/h14H,5-9H2,1-4H3. The monoisotopic (exact) mass is 253 g/mol. The maximum Gasteiger partial charge on any atom is 0.247 e. The Morgan fingerprint density at radius 3 is 2.50 bits per heavy atom. The van der Waals surface area contributed by atoms with Gasteiger partial charge < -0.3 is 15.1 Å². The zero-order valence-electron chi connectivity index (χ0n) is 11.7. The largest absolute Gasteiger partial charge is 0.342 e. The van der Waals surface area contributed by atoms with E-state index in [9.17, 15) is 9.59 Å². The fourth-order valence-electron chi connectivity index (χ4n) is 2.89. The molecule has 2 aliphatic rings. The molecule has 2 amide bonds. The molecule has 102 valence electrons. The van der Waals surface area contributed by atoms with Crippen molar-refractivity contribution in [3.63, 3.8) is 0 Å². The Morgan fingerprint density at radius 2 is 1.94 bits per heavy atom. The van der Waals surface area contributed by atoms with Crippen LogP contribution in [0.2, 0.25) is 0 Å². The van der Waals surface area contributed by atoms with Gasteiger partial charge in [-0.2, -0.15) is 0 Å². The molecule has 18 heavy (non-hydrogen) atoms. The maximum atomic E-state index is 12.7. The number of piperazine rings is 1. The van der Waals surface area contributed by atoms with Gasteiger partial charge in [0.15, 0.2) is 0 Å². The van der Waals surface area contributed by atoms with E-state index in [0.29, 0.717) is 19.6 Å². The van der Waals surface area contributed by atoms with Crippen molar-refractivity contribution in [3.8, 4) is 0 Å². The van der Waals surface area contributed by atoms with E-state index < -0.39 is 5.54 Å². The highest BCUT2D eigenvalue weighted by atomic mass is 16.2. The lowest BCUT2D eigenvalue weighted by Crippen LogP contribution is -2.65. The van der Waals surface area contributed by atoms with Crippen molar-refractivity contribution < 1.29 is 9.59 Å². The number of carbonyl (C=O) groups is 2. The van der Waals surface area contributed by atoms with Gasteiger partial charge in [-0.25, -0.2) is 0 Å². The summed E-state index contributed by atoms with van der Waals surface area (Å²) in [7, 11) is 1.80. The molecule has 0 spiro atoms. The van der Waals surface area contributed by atoms with Crippen molar-refractivity contribution >= 4 is 11.8 Å². The number of amides is 2. The third-order valence-corrected chi connectivity index (χ3v) is 4.33. The van der Waals surface area contributed by atoms with Gasteiger partial charge in [0, 0.05) is 26.7 Å². The Kier molecular flexibility index (Phi) is 3.13. The summed E-state index contributed by atoms with van der Waals surface area (Å²) in [6, 6.07) is 0. The molecule has 0 bridgehead atoms. The molecule has 2 saturated heterocycles. The smallest absolute Gasteiger partial charge is 0.247 e. The Bertz CT molecular complexity index is 372. The first kappa shape index (κ1) is 13.3. The second-order valence-electron chi connectivity index (χ2n) is 6.23. The van der Waals surface area contributed by atoms with E-state index in [1.54, 1.807) is 16.8 Å². The molecule has 0 aromatic rings. The molecule has 2 rings (SSSR count). The third kappa shape index (κ3) is 1.90. The van der Waals surface area contributed by atoms with E-state index >= 15 is 0 Å². The predicted octanol–water partition coefficient (Wildman–Crippen LogP) is 0.0652. The van der Waals surface area contributed by atoms with Crippen molar-refractivity contribution in [2.24, 2.45) is 5.41 Å². The van der Waals surface area contributed by atoms with Gasteiger partial charge in [-0.15, -0.1) is 0 Å². The molecule has 2 heterocycles. The number of nitrogens with one attached hydrogen (secondary N) is 1. The van der Waals surface area contributed by atoms with Crippen LogP contribution in [-0.4, -0.2) is 60.4 Å². The predicted molar refractivity (Wildman–Crippen MR) is 69.0 cm³/mol. The minimum atomic E-state index is -0.727. The van der Waals surface area contributed by atoms with Gasteiger partial charge in [-0.05, 0) is 33.7 Å². The van der Waals surface area contributed by atoms with Crippen LogP contribution < -0.4 is 5.32 Å². The van der Waals surface area contributed by atoms with Crippen molar-refractivity contribution in [1.29, 1.82) is 0 Å². The Morgan fingerprint density at radius 1 is 1.28 bits per heavy atom. The summed E-state index contributed by atoms with van der Waals surface area (Å²) >= 11 is 0. The van der Waals surface area contributed by atoms with E-state index in [-0.39, 0.29) is 17.2 Å². The highest BCUT2D eigenvalue weighted by Gasteiger charge is 2.48. The second kappa shape index (κ2) is 4.23. The molecular weight excluding hydrogens is 230 g/mol. The Balaban J connectivity index is 2.22. The first-order valence-corrected chi connectivity index (χ1v) is 6.57. The number of hydrogen-bond donors (Lipinski definition) is 1. The number of hydrogen-bond acceptors (Lipinski definition) is 3. The third-order valence-electron chi connectivity index (χ3n) is 4.33. The van der Waals surface area contributed by atoms with Gasteiger partial charge in [0.1, 0.15) is 5.54 Å². The molecule has 0 aromatic heterocycles. The summed E-state index contributed by atoms with van der Waals surface area (Å²) in [5, 5.41) is 3.24. The maximum absolute atomic E-state index is 12.7. The summed E-state index contributed by atoms with van der Waals surface area (Å²) < 4.78 is 0. The van der Waals surface area contributed by atoms with Crippen molar-refractivity contribution in [3.05, 3.63) is 0 Å². The number of likely N-dealkylation sites (N-methyl/N-ethyl adjacent to an activating group) is 1. The van der Waals surface area contributed by atoms with Gasteiger partial charge in [0.05, 0.1) is 5.41 Å². The molecule has 1 N–H and O–H groups in total. The molecule has 1 atom stereocenters. The van der Waals surface area contributed by atoms with Gasteiger partial charge in [0.25, 0.3) is 0 Å². The first-order valence-electron chi connectivity index (χ1n) is 6.57. The van der Waals surface area contributed by atoms with E-state index in [1.165, 1.54) is 0 Å². The summed E-state index contributed by atoms with van der Waals surface area (Å²) in [6.45, 7) is 8.52. The molecule has 0 aromatic carbocycles. The highest BCUT2D eigenvalue weighted by Crippen LogP contribution is 2.32. The summed E-state index contributed by atoms with van der Waals surface area (Å²) in [5.41, 5.74) is -1.08. The molecule has 5 nitrogen and oxygen atoms in total. The zero-order chi connectivity index (χ0) is 13.6. The van der Waals surface area contributed by atoms with E-state index in [4.69, 9.17) is 0 Å². The highest BCUT2D eigenvalue weighted by molar-refractivity contribution is 5.93. The molecule has 0 aliphatic carbocycles. The van der Waals surface area contributed by atoms with Gasteiger partial charge >= 0.3 is 0 Å². The fourth-order valence-corrected chi connectivity index (χ4v) is 2.89. The Labute approximate surface area is 108 Å². The van der Waals surface area contributed by atoms with Crippen LogP contribution in [0, 0.1) is 5.41 Å². The topological polar surface area (TPSA) is 52.6 Å². The van der Waals surface area contributed by atoms with Crippen molar-refractivity contribution in [2.45, 2.75) is 32.7 Å². The van der Waals surface area contributed by atoms with E-state index in [0.717, 1.165) is 13.0 Å². The van der Waals surface area contributed by atoms with Crippen LogP contribution in [0.25, 0.3) is 0 Å². The summed E-state index contributed by atoms with van der Waals surface area (Å²) in [5.74, 6) is 0.135. The lowest BCUT2D eigenvalue weighted by molar-refractivity contribution is -0.162. The van der Waals surface area contributed by atoms with E-state index in [1.807, 2.05) is 20.8 Å². The molecule has 5 heteroatoms. The van der Waals surface area contributed by atoms with E-state index in [2.05, 4.69) is 5.32 Å². The van der Waals surface area contributed by atoms with Crippen molar-refractivity contribution in [1.82, 2.24) is 15.1 Å². The Hall–Kier alpha value is -1.10. The SMILES string of the molecule is CN1CCN(C(=O)C2(C)CCNC2)C(C)(C)C1=O. The molecule has 2 aliphatic heterocycles. The minimum absolute atomic E-state index is 0.0247. The fraction of sp³-hybridized carbons (Fsp3) is 0.846. The molecular formula is C13H23N3O2. The van der Waals surface area contributed by atoms with Crippen LogP contribution in [-0.2, 0) is 9.59 Å². The molecule has 0 radical (unpaired) electrons. The second-order valence-corrected chi connectivity index (χ2v) is 6.23. The first-order chi connectivity index (χ1) is 8.29. The van der Waals surface area contributed by atoms with Gasteiger partial charge in [0.2, 0.25) is 11.8 Å². The number of carbonyl (C=O) groups excluding carboxylic acids is 2. The molecule has 1 unspecified atom stereocenters. The van der Waals surface area contributed by atoms with Crippen LogP contribution in [0.15, 0.2) is 0 Å². The molecule has 2 fully saturated rings. The van der Waals surface area contributed by atoms with Crippen LogP contribution >= 0.6 is 0 Å². The molecule has 0 saturated carbocycles. The number of rotatable bonds is 1. The van der Waals surface area contributed by atoms with Crippen LogP contribution in [0.4, 0.5) is 0 Å². The lowest BCUT2D eigenvalue weighted by atomic mass is 9.85. The lowest BCUT2D eigenvalue weighted by Gasteiger charge is -2.47. The number of nitrogens with zero attached hydrogens (tertiary/aromatic N) is 2. The normalized spacial score (nSPS) is 31.9. The average Bonchev–Trinajstić information content (AvgIpc) is 2.74. The quantitative estimate of drug-likeness (QED) is 0.719. The van der Waals surface area contributed by atoms with Crippen LogP contribution in [0.1, 0.15) is 27.2 Å². The van der Waals surface area contributed by atoms with Crippen LogP contribution in [0.3, 0.4) is 0 Å². The van der Waals surface area contributed by atoms with Crippen LogP contribution in [0.5, 0.6) is 0 Å². The van der Waals surface area contributed by atoms with Gasteiger partial charge in [-0.3, -0.25) is 9.59 Å². The summed E-state index contributed by atoms with van der Waals surface area (Å²) in [6.07, 6.45) is 0.850.